The summed E-state index contributed by atoms with van der Waals surface area (Å²) in [5, 5.41) is 0. The molecule has 3 aromatic rings. The second kappa shape index (κ2) is 6.87. The molecule has 0 bridgehead atoms. The molecule has 2 heterocycles. The van der Waals surface area contributed by atoms with E-state index in [4.69, 9.17) is 0 Å². The predicted molar refractivity (Wildman–Crippen MR) is 103 cm³/mol. The maximum Gasteiger partial charge on any atom is 0.329 e. The van der Waals surface area contributed by atoms with Crippen molar-refractivity contribution in [1.82, 2.24) is 14.0 Å². The number of nitrogens with zero attached hydrogens (tertiary/aromatic N) is 3. The van der Waals surface area contributed by atoms with Crippen LogP contribution in [0.25, 0.3) is 11.0 Å². The minimum absolute atomic E-state index is 0.0144. The molecule has 0 spiro atoms. The third-order valence-corrected chi connectivity index (χ3v) is 5.13. The summed E-state index contributed by atoms with van der Waals surface area (Å²) in [7, 11) is 0. The molecule has 0 unspecified atom stereocenters. The summed E-state index contributed by atoms with van der Waals surface area (Å²) in [6.07, 6.45) is 1.37. The number of aromatic nitrogens is 2. The molecule has 0 saturated carbocycles. The van der Waals surface area contributed by atoms with Gasteiger partial charge in [-0.05, 0) is 44.0 Å². The van der Waals surface area contributed by atoms with E-state index in [9.17, 15) is 14.4 Å². The van der Waals surface area contributed by atoms with E-state index < -0.39 is 0 Å². The number of rotatable bonds is 6. The number of benzene rings is 2. The second-order valence-corrected chi connectivity index (χ2v) is 6.68. The van der Waals surface area contributed by atoms with Crippen molar-refractivity contribution < 1.29 is 9.59 Å². The first-order valence-corrected chi connectivity index (χ1v) is 9.26. The first-order valence-electron chi connectivity index (χ1n) is 9.26. The molecule has 0 saturated heterocycles. The van der Waals surface area contributed by atoms with E-state index in [1.807, 2.05) is 31.2 Å². The number of imide groups is 1. The van der Waals surface area contributed by atoms with E-state index >= 15 is 0 Å². The van der Waals surface area contributed by atoms with Crippen molar-refractivity contribution >= 4 is 22.8 Å². The lowest BCUT2D eigenvalue weighted by Crippen LogP contribution is -2.31. The molecule has 27 heavy (non-hydrogen) atoms. The Hall–Kier alpha value is -3.15. The van der Waals surface area contributed by atoms with E-state index in [-0.39, 0.29) is 17.5 Å². The van der Waals surface area contributed by atoms with Gasteiger partial charge in [-0.2, -0.15) is 0 Å². The van der Waals surface area contributed by atoms with Crippen LogP contribution in [0, 0.1) is 0 Å². The molecule has 0 fully saturated rings. The minimum Gasteiger partial charge on any atom is -0.292 e. The van der Waals surface area contributed by atoms with Crippen molar-refractivity contribution in [2.75, 3.05) is 6.54 Å². The second-order valence-electron chi connectivity index (χ2n) is 6.68. The topological polar surface area (TPSA) is 64.3 Å². The van der Waals surface area contributed by atoms with Gasteiger partial charge in [0.15, 0.2) is 0 Å². The number of imidazole rings is 1. The van der Waals surface area contributed by atoms with Crippen molar-refractivity contribution in [3.05, 3.63) is 70.1 Å². The molecule has 0 aliphatic carbocycles. The number of hydrogen-bond donors (Lipinski definition) is 0. The third kappa shape index (κ3) is 2.77. The smallest absolute Gasteiger partial charge is 0.292 e. The molecular weight excluding hydrogens is 342 g/mol. The lowest BCUT2D eigenvalue weighted by Gasteiger charge is -2.13. The molecule has 2 amide bonds. The normalized spacial score (nSPS) is 13.6. The zero-order valence-corrected chi connectivity index (χ0v) is 15.2. The highest BCUT2D eigenvalue weighted by Crippen LogP contribution is 2.22. The van der Waals surface area contributed by atoms with E-state index in [1.165, 1.54) is 4.90 Å². The average Bonchev–Trinajstić information content (AvgIpc) is 3.10. The monoisotopic (exact) mass is 363 g/mol. The predicted octanol–water partition coefficient (Wildman–Crippen LogP) is 2.90. The fourth-order valence-electron chi connectivity index (χ4n) is 3.78. The Morgan fingerprint density at radius 3 is 1.81 bits per heavy atom. The molecular formula is C21H21N3O3. The zero-order chi connectivity index (χ0) is 19.0. The van der Waals surface area contributed by atoms with Crippen LogP contribution in [-0.2, 0) is 13.1 Å². The summed E-state index contributed by atoms with van der Waals surface area (Å²) in [6.45, 7) is 3.52. The number of aryl methyl sites for hydroxylation is 2. The summed E-state index contributed by atoms with van der Waals surface area (Å²) in [5.74, 6) is -0.453. The number of carbonyl (C=O) groups excluding carboxylic acids is 2. The van der Waals surface area contributed by atoms with Gasteiger partial charge in [-0.25, -0.2) is 4.79 Å². The fraction of sp³-hybridized carbons (Fsp3) is 0.286. The van der Waals surface area contributed by atoms with Gasteiger partial charge < -0.3 is 0 Å². The molecule has 6 nitrogen and oxygen atoms in total. The van der Waals surface area contributed by atoms with E-state index in [2.05, 4.69) is 0 Å². The van der Waals surface area contributed by atoms with Gasteiger partial charge in [-0.1, -0.05) is 24.3 Å². The molecule has 4 rings (SSSR count). The van der Waals surface area contributed by atoms with Crippen LogP contribution in [0.4, 0.5) is 0 Å². The molecule has 138 valence electrons. The average molecular weight is 363 g/mol. The number of amides is 2. The van der Waals surface area contributed by atoms with E-state index in [1.54, 1.807) is 33.4 Å². The van der Waals surface area contributed by atoms with Crippen LogP contribution in [0.3, 0.4) is 0 Å². The van der Waals surface area contributed by atoms with Gasteiger partial charge in [0.2, 0.25) is 0 Å². The Kier molecular flexibility index (Phi) is 4.39. The van der Waals surface area contributed by atoms with Gasteiger partial charge >= 0.3 is 5.69 Å². The highest BCUT2D eigenvalue weighted by Gasteiger charge is 2.34. The first kappa shape index (κ1) is 17.3. The quantitative estimate of drug-likeness (QED) is 0.500. The number of fused-ring (bicyclic) bond motifs is 2. The molecule has 0 atom stereocenters. The number of unbranched alkanes of at least 4 members (excludes halogenated alkanes) is 1. The number of hydrogen-bond acceptors (Lipinski definition) is 3. The van der Waals surface area contributed by atoms with Crippen molar-refractivity contribution in [3.8, 4) is 0 Å². The van der Waals surface area contributed by atoms with Crippen molar-refractivity contribution in [2.45, 2.75) is 32.9 Å². The summed E-state index contributed by atoms with van der Waals surface area (Å²) in [4.78, 5) is 38.7. The van der Waals surface area contributed by atoms with Gasteiger partial charge in [0.1, 0.15) is 0 Å². The van der Waals surface area contributed by atoms with Gasteiger partial charge in [0.05, 0.1) is 22.2 Å². The minimum atomic E-state index is -0.227. The highest BCUT2D eigenvalue weighted by molar-refractivity contribution is 6.21. The van der Waals surface area contributed by atoms with Crippen molar-refractivity contribution in [3.63, 3.8) is 0 Å². The van der Waals surface area contributed by atoms with Gasteiger partial charge in [-0.3, -0.25) is 23.6 Å². The SMILES string of the molecule is CCn1c(=O)n(CCCCN2C(=O)c3ccccc3C2=O)c2ccccc21. The molecule has 6 heteroatoms. The van der Waals surface area contributed by atoms with Crippen LogP contribution in [-0.4, -0.2) is 32.4 Å². The number of para-hydroxylation sites is 2. The maximum atomic E-state index is 12.6. The standard InChI is InChI=1S/C21H21N3O3/c1-2-22-17-11-5-6-12-18(17)23(21(22)27)13-7-8-14-24-19(25)15-9-3-4-10-16(15)20(24)26/h3-6,9-12H,2,7-8,13-14H2,1H3. The third-order valence-electron chi connectivity index (χ3n) is 5.13. The molecule has 0 N–H and O–H groups in total. The lowest BCUT2D eigenvalue weighted by atomic mass is 10.1. The molecule has 2 aromatic carbocycles. The summed E-state index contributed by atoms with van der Waals surface area (Å²) < 4.78 is 3.54. The van der Waals surface area contributed by atoms with Crippen molar-refractivity contribution in [1.29, 1.82) is 0 Å². The van der Waals surface area contributed by atoms with Crippen LogP contribution in [0.15, 0.2) is 53.3 Å². The lowest BCUT2D eigenvalue weighted by molar-refractivity contribution is 0.0651. The van der Waals surface area contributed by atoms with Crippen LogP contribution in [0.5, 0.6) is 0 Å². The molecule has 1 aliphatic heterocycles. The first-order chi connectivity index (χ1) is 13.1. The van der Waals surface area contributed by atoms with E-state index in [0.29, 0.717) is 43.6 Å². The number of carbonyl (C=O) groups is 2. The Labute approximate surface area is 156 Å². The maximum absolute atomic E-state index is 12.6. The Morgan fingerprint density at radius 2 is 1.22 bits per heavy atom. The van der Waals surface area contributed by atoms with Crippen molar-refractivity contribution in [2.24, 2.45) is 0 Å². The fourth-order valence-corrected chi connectivity index (χ4v) is 3.78. The van der Waals surface area contributed by atoms with Gasteiger partial charge in [0, 0.05) is 19.6 Å². The Morgan fingerprint density at radius 1 is 0.704 bits per heavy atom. The Balaban J connectivity index is 1.44. The summed E-state index contributed by atoms with van der Waals surface area (Å²) >= 11 is 0. The summed E-state index contributed by atoms with van der Waals surface area (Å²) in [6, 6.07) is 14.7. The van der Waals surface area contributed by atoms with Crippen LogP contribution in [0.1, 0.15) is 40.5 Å². The summed E-state index contributed by atoms with van der Waals surface area (Å²) in [5.41, 5.74) is 2.80. The molecule has 0 radical (unpaired) electrons. The van der Waals surface area contributed by atoms with E-state index in [0.717, 1.165) is 11.0 Å². The van der Waals surface area contributed by atoms with Gasteiger partial charge in [0.25, 0.3) is 11.8 Å². The molecule has 1 aromatic heterocycles. The van der Waals surface area contributed by atoms with Crippen LogP contribution in [0.2, 0.25) is 0 Å². The zero-order valence-electron chi connectivity index (χ0n) is 15.2. The van der Waals surface area contributed by atoms with Crippen LogP contribution >= 0.6 is 0 Å². The van der Waals surface area contributed by atoms with Crippen LogP contribution < -0.4 is 5.69 Å². The highest BCUT2D eigenvalue weighted by atomic mass is 16.2. The largest absolute Gasteiger partial charge is 0.329 e. The van der Waals surface area contributed by atoms with Gasteiger partial charge in [-0.15, -0.1) is 0 Å². The Bertz CT molecular complexity index is 1060. The molecule has 1 aliphatic rings.